The zero-order valence-electron chi connectivity index (χ0n) is 10.9. The van der Waals surface area contributed by atoms with Crippen molar-refractivity contribution in [1.29, 1.82) is 0 Å². The fourth-order valence-electron chi connectivity index (χ4n) is 1.80. The van der Waals surface area contributed by atoms with Gasteiger partial charge in [0, 0.05) is 12.1 Å². The molecule has 0 saturated heterocycles. The van der Waals surface area contributed by atoms with Gasteiger partial charge in [0.15, 0.2) is 17.4 Å². The van der Waals surface area contributed by atoms with E-state index in [0.717, 1.165) is 0 Å². The predicted octanol–water partition coefficient (Wildman–Crippen LogP) is 2.95. The van der Waals surface area contributed by atoms with Gasteiger partial charge in [-0.2, -0.15) is 0 Å². The molecule has 0 heterocycles. The number of nitrogens with one attached hydrogen (secondary N) is 1. The third-order valence-corrected chi connectivity index (χ3v) is 2.74. The number of carbonyl (C=O) groups is 1. The molecule has 0 fully saturated rings. The standard InChI is InChI=1S/C14H11F3N2O2/c1-21-13-8(3-2-4-11(13)18)14(20)19-12-9(16)5-7(15)6-10(12)17/h2-6H,18H2,1H3,(H,19,20). The minimum absolute atomic E-state index is 0.000579. The molecule has 2 aromatic rings. The predicted molar refractivity (Wildman–Crippen MR) is 71.7 cm³/mol. The van der Waals surface area contributed by atoms with Gasteiger partial charge in [0.05, 0.1) is 18.4 Å². The van der Waals surface area contributed by atoms with E-state index in [4.69, 9.17) is 10.5 Å². The number of nitrogens with two attached hydrogens (primary N) is 1. The second kappa shape index (κ2) is 5.74. The molecule has 0 saturated carbocycles. The Hall–Kier alpha value is -2.70. The van der Waals surface area contributed by atoms with E-state index in [1.165, 1.54) is 25.3 Å². The lowest BCUT2D eigenvalue weighted by Gasteiger charge is -2.12. The van der Waals surface area contributed by atoms with E-state index >= 15 is 0 Å². The molecule has 1 amide bonds. The van der Waals surface area contributed by atoms with E-state index in [-0.39, 0.29) is 17.0 Å². The highest BCUT2D eigenvalue weighted by Gasteiger charge is 2.19. The summed E-state index contributed by atoms with van der Waals surface area (Å²) >= 11 is 0. The molecule has 4 nitrogen and oxygen atoms in total. The van der Waals surface area contributed by atoms with Crippen molar-refractivity contribution in [3.63, 3.8) is 0 Å². The highest BCUT2D eigenvalue weighted by molar-refractivity contribution is 6.07. The van der Waals surface area contributed by atoms with Crippen molar-refractivity contribution in [2.45, 2.75) is 0 Å². The first-order valence-corrected chi connectivity index (χ1v) is 5.82. The van der Waals surface area contributed by atoms with E-state index in [0.29, 0.717) is 12.1 Å². The topological polar surface area (TPSA) is 64.3 Å². The first kappa shape index (κ1) is 14.7. The molecule has 2 aromatic carbocycles. The van der Waals surface area contributed by atoms with Crippen LogP contribution in [0.5, 0.6) is 5.75 Å². The number of rotatable bonds is 3. The molecule has 0 unspecified atom stereocenters. The first-order valence-electron chi connectivity index (χ1n) is 5.82. The summed E-state index contributed by atoms with van der Waals surface area (Å²) in [7, 11) is 1.31. The molecule has 0 spiro atoms. The molecule has 3 N–H and O–H groups in total. The van der Waals surface area contributed by atoms with Crippen LogP contribution in [-0.2, 0) is 0 Å². The molecular formula is C14H11F3N2O2. The van der Waals surface area contributed by atoms with Crippen LogP contribution in [0.4, 0.5) is 24.5 Å². The highest BCUT2D eigenvalue weighted by atomic mass is 19.1. The zero-order valence-corrected chi connectivity index (χ0v) is 10.9. The van der Waals surface area contributed by atoms with Crippen molar-refractivity contribution < 1.29 is 22.7 Å². The van der Waals surface area contributed by atoms with E-state index in [1.54, 1.807) is 0 Å². The van der Waals surface area contributed by atoms with Crippen LogP contribution >= 0.6 is 0 Å². The van der Waals surface area contributed by atoms with Gasteiger partial charge in [-0.25, -0.2) is 13.2 Å². The van der Waals surface area contributed by atoms with Crippen molar-refractivity contribution in [2.75, 3.05) is 18.2 Å². The van der Waals surface area contributed by atoms with Gasteiger partial charge >= 0.3 is 0 Å². The fourth-order valence-corrected chi connectivity index (χ4v) is 1.80. The molecule has 0 radical (unpaired) electrons. The van der Waals surface area contributed by atoms with Crippen LogP contribution in [-0.4, -0.2) is 13.0 Å². The normalized spacial score (nSPS) is 10.3. The van der Waals surface area contributed by atoms with Gasteiger partial charge in [-0.1, -0.05) is 6.07 Å². The maximum absolute atomic E-state index is 13.5. The molecule has 0 aliphatic carbocycles. The number of halogens is 3. The Labute approximate surface area is 118 Å². The van der Waals surface area contributed by atoms with E-state index < -0.39 is 29.0 Å². The Morgan fingerprint density at radius 2 is 1.81 bits per heavy atom. The van der Waals surface area contributed by atoms with E-state index in [1.807, 2.05) is 5.32 Å². The van der Waals surface area contributed by atoms with E-state index in [2.05, 4.69) is 0 Å². The lowest BCUT2D eigenvalue weighted by Crippen LogP contribution is -2.16. The molecule has 0 aliphatic rings. The second-order valence-electron chi connectivity index (χ2n) is 4.13. The van der Waals surface area contributed by atoms with Gasteiger partial charge in [-0.05, 0) is 12.1 Å². The van der Waals surface area contributed by atoms with Crippen molar-refractivity contribution in [3.8, 4) is 5.75 Å². The van der Waals surface area contributed by atoms with Crippen LogP contribution in [0.3, 0.4) is 0 Å². The van der Waals surface area contributed by atoms with E-state index in [9.17, 15) is 18.0 Å². The smallest absolute Gasteiger partial charge is 0.259 e. The van der Waals surface area contributed by atoms with Crippen LogP contribution in [0.25, 0.3) is 0 Å². The summed E-state index contributed by atoms with van der Waals surface area (Å²) < 4.78 is 44.8. The number of ether oxygens (including phenoxy) is 1. The van der Waals surface area contributed by atoms with Crippen molar-refractivity contribution in [1.82, 2.24) is 0 Å². The van der Waals surface area contributed by atoms with Gasteiger partial charge in [0.25, 0.3) is 5.91 Å². The number of para-hydroxylation sites is 1. The zero-order chi connectivity index (χ0) is 15.6. The average molecular weight is 296 g/mol. The molecule has 21 heavy (non-hydrogen) atoms. The Kier molecular flexibility index (Phi) is 4.02. The number of benzene rings is 2. The monoisotopic (exact) mass is 296 g/mol. The maximum atomic E-state index is 13.5. The minimum Gasteiger partial charge on any atom is -0.494 e. The van der Waals surface area contributed by atoms with Crippen molar-refractivity contribution in [2.24, 2.45) is 0 Å². The number of anilines is 2. The largest absolute Gasteiger partial charge is 0.494 e. The molecular weight excluding hydrogens is 285 g/mol. The fraction of sp³-hybridized carbons (Fsp3) is 0.0714. The summed E-state index contributed by atoms with van der Waals surface area (Å²) in [5, 5.41) is 2.03. The van der Waals surface area contributed by atoms with Crippen LogP contribution in [0, 0.1) is 17.5 Å². The van der Waals surface area contributed by atoms with Crippen molar-refractivity contribution in [3.05, 3.63) is 53.3 Å². The summed E-state index contributed by atoms with van der Waals surface area (Å²) in [6, 6.07) is 5.31. The van der Waals surface area contributed by atoms with Crippen LogP contribution in [0.15, 0.2) is 30.3 Å². The second-order valence-corrected chi connectivity index (χ2v) is 4.13. The van der Waals surface area contributed by atoms with Gasteiger partial charge in [-0.3, -0.25) is 4.79 Å². The van der Waals surface area contributed by atoms with Gasteiger partial charge < -0.3 is 15.8 Å². The Balaban J connectivity index is 2.38. The molecule has 0 atom stereocenters. The van der Waals surface area contributed by atoms with Crippen LogP contribution in [0.2, 0.25) is 0 Å². The number of nitrogen functional groups attached to an aromatic ring is 1. The van der Waals surface area contributed by atoms with Crippen LogP contribution in [0.1, 0.15) is 10.4 Å². The highest BCUT2D eigenvalue weighted by Crippen LogP contribution is 2.28. The van der Waals surface area contributed by atoms with Gasteiger partial charge in [0.2, 0.25) is 0 Å². The van der Waals surface area contributed by atoms with Gasteiger partial charge in [-0.15, -0.1) is 0 Å². The minimum atomic E-state index is -1.22. The van der Waals surface area contributed by atoms with Crippen molar-refractivity contribution >= 4 is 17.3 Å². The molecule has 2 rings (SSSR count). The summed E-state index contributed by atoms with van der Waals surface area (Å²) in [5.74, 6) is -4.27. The molecule has 7 heteroatoms. The Morgan fingerprint density at radius 3 is 2.38 bits per heavy atom. The number of amides is 1. The summed E-state index contributed by atoms with van der Waals surface area (Å²) in [4.78, 5) is 12.1. The summed E-state index contributed by atoms with van der Waals surface area (Å²) in [5.41, 5.74) is 5.10. The number of hydrogen-bond donors (Lipinski definition) is 2. The number of methoxy groups -OCH3 is 1. The first-order chi connectivity index (χ1) is 9.93. The molecule has 0 aromatic heterocycles. The molecule has 0 aliphatic heterocycles. The third kappa shape index (κ3) is 2.91. The number of carbonyl (C=O) groups excluding carboxylic acids is 1. The Morgan fingerprint density at radius 1 is 1.19 bits per heavy atom. The maximum Gasteiger partial charge on any atom is 0.259 e. The lowest BCUT2D eigenvalue weighted by molar-refractivity contribution is 0.102. The summed E-state index contributed by atoms with van der Waals surface area (Å²) in [6.07, 6.45) is 0. The summed E-state index contributed by atoms with van der Waals surface area (Å²) in [6.45, 7) is 0. The van der Waals surface area contributed by atoms with Gasteiger partial charge in [0.1, 0.15) is 11.5 Å². The third-order valence-electron chi connectivity index (χ3n) is 2.74. The Bertz CT molecular complexity index is 682. The van der Waals surface area contributed by atoms with Crippen LogP contribution < -0.4 is 15.8 Å². The molecule has 110 valence electrons. The molecule has 0 bridgehead atoms. The quantitative estimate of drug-likeness (QED) is 0.856. The number of hydrogen-bond acceptors (Lipinski definition) is 3. The lowest BCUT2D eigenvalue weighted by atomic mass is 10.1. The average Bonchev–Trinajstić information content (AvgIpc) is 2.42. The SMILES string of the molecule is COc1c(N)cccc1C(=O)Nc1c(F)cc(F)cc1F.